The van der Waals surface area contributed by atoms with Crippen molar-refractivity contribution in [2.45, 2.75) is 13.8 Å². The molecule has 2 nitrogen and oxygen atoms in total. The second-order valence-corrected chi connectivity index (χ2v) is 3.20. The monoisotopic (exact) mass is 194 g/mol. The molecule has 1 radical (unpaired) electrons. The van der Waals surface area contributed by atoms with E-state index in [4.69, 9.17) is 21.6 Å². The Morgan fingerprint density at radius 3 is 2.69 bits per heavy atom. The van der Waals surface area contributed by atoms with Crippen molar-refractivity contribution in [2.24, 2.45) is 0 Å². The van der Waals surface area contributed by atoms with Gasteiger partial charge in [-0.25, -0.2) is 0 Å². The molecule has 13 heavy (non-hydrogen) atoms. The van der Waals surface area contributed by atoms with Crippen molar-refractivity contribution in [1.29, 1.82) is 5.26 Å². The van der Waals surface area contributed by atoms with Crippen LogP contribution in [0.4, 0.5) is 0 Å². The van der Waals surface area contributed by atoms with Gasteiger partial charge in [-0.1, -0.05) is 11.6 Å². The van der Waals surface area contributed by atoms with E-state index < -0.39 is 0 Å². The Hall–Kier alpha value is -1.20. The summed E-state index contributed by atoms with van der Waals surface area (Å²) in [6.07, 6.45) is 0.791. The normalized spacial score (nSPS) is 9.77. The lowest BCUT2D eigenvalue weighted by Gasteiger charge is -2.09. The van der Waals surface area contributed by atoms with Crippen LogP contribution in [0.25, 0.3) is 0 Å². The van der Waals surface area contributed by atoms with Gasteiger partial charge in [0.25, 0.3) is 0 Å². The number of rotatable bonds is 2. The molecule has 0 fully saturated rings. The molecule has 0 unspecified atom stereocenters. The van der Waals surface area contributed by atoms with E-state index in [0.29, 0.717) is 16.3 Å². The summed E-state index contributed by atoms with van der Waals surface area (Å²) in [4.78, 5) is 0. The van der Waals surface area contributed by atoms with E-state index >= 15 is 0 Å². The Morgan fingerprint density at radius 2 is 2.15 bits per heavy atom. The number of benzene rings is 1. The first-order valence-corrected chi connectivity index (χ1v) is 4.19. The fourth-order valence-electron chi connectivity index (χ4n) is 0.898. The molecule has 0 heterocycles. The van der Waals surface area contributed by atoms with Gasteiger partial charge in [-0.3, -0.25) is 0 Å². The van der Waals surface area contributed by atoms with Crippen LogP contribution in [-0.4, -0.2) is 0 Å². The maximum absolute atomic E-state index is 8.76. The summed E-state index contributed by atoms with van der Waals surface area (Å²) in [5, 5.41) is 9.30. The van der Waals surface area contributed by atoms with Crippen molar-refractivity contribution in [1.82, 2.24) is 0 Å². The van der Waals surface area contributed by atoms with Crippen LogP contribution >= 0.6 is 11.6 Å². The molecule has 0 N–H and O–H groups in total. The molecule has 0 saturated carbocycles. The summed E-state index contributed by atoms with van der Waals surface area (Å²) in [5.74, 6) is 0.548. The van der Waals surface area contributed by atoms with Crippen LogP contribution in [0.3, 0.4) is 0 Å². The Bertz CT molecular complexity index is 341. The molecule has 0 saturated heterocycles. The lowest BCUT2D eigenvalue weighted by molar-refractivity contribution is 0.344. The number of nitrogens with zero attached hydrogens (tertiary/aromatic N) is 1. The second-order valence-electron chi connectivity index (χ2n) is 2.76. The van der Waals surface area contributed by atoms with Gasteiger partial charge in [0.1, 0.15) is 17.9 Å². The molecular formula is C10H9ClNO. The van der Waals surface area contributed by atoms with Crippen LogP contribution in [0.15, 0.2) is 18.2 Å². The minimum absolute atomic E-state index is 0.453. The van der Waals surface area contributed by atoms with Crippen molar-refractivity contribution < 1.29 is 4.74 Å². The van der Waals surface area contributed by atoms with Crippen molar-refractivity contribution in [3.8, 4) is 11.8 Å². The van der Waals surface area contributed by atoms with Crippen LogP contribution < -0.4 is 4.74 Å². The van der Waals surface area contributed by atoms with Gasteiger partial charge >= 0.3 is 0 Å². The number of hydrogen-bond acceptors (Lipinski definition) is 2. The highest BCUT2D eigenvalue weighted by Gasteiger charge is 2.05. The lowest BCUT2D eigenvalue weighted by Crippen LogP contribution is -1.98. The van der Waals surface area contributed by atoms with E-state index in [-0.39, 0.29) is 0 Å². The molecule has 0 aliphatic carbocycles. The summed E-state index contributed by atoms with van der Waals surface area (Å²) in [6, 6.07) is 6.99. The highest BCUT2D eigenvalue weighted by molar-refractivity contribution is 6.30. The van der Waals surface area contributed by atoms with Gasteiger partial charge in [0.05, 0.1) is 5.56 Å². The molecule has 1 rings (SSSR count). The van der Waals surface area contributed by atoms with Crippen LogP contribution in [-0.2, 0) is 0 Å². The van der Waals surface area contributed by atoms with E-state index in [1.54, 1.807) is 18.2 Å². The fourth-order valence-corrected chi connectivity index (χ4v) is 1.07. The van der Waals surface area contributed by atoms with E-state index in [1.807, 2.05) is 19.9 Å². The van der Waals surface area contributed by atoms with Crippen molar-refractivity contribution in [3.63, 3.8) is 0 Å². The van der Waals surface area contributed by atoms with Crippen molar-refractivity contribution in [2.75, 3.05) is 0 Å². The van der Waals surface area contributed by atoms with Gasteiger partial charge in [-0.05, 0) is 32.0 Å². The smallest absolute Gasteiger partial charge is 0.142 e. The van der Waals surface area contributed by atoms with Crippen LogP contribution in [0.2, 0.25) is 5.02 Å². The molecular weight excluding hydrogens is 186 g/mol. The summed E-state index contributed by atoms with van der Waals surface area (Å²) in [5.41, 5.74) is 0.453. The first-order chi connectivity index (χ1) is 6.13. The summed E-state index contributed by atoms with van der Waals surface area (Å²) >= 11 is 5.72. The van der Waals surface area contributed by atoms with E-state index in [1.165, 1.54) is 0 Å². The molecule has 1 aromatic carbocycles. The van der Waals surface area contributed by atoms with Crippen LogP contribution in [0.5, 0.6) is 5.75 Å². The quantitative estimate of drug-likeness (QED) is 0.725. The second kappa shape index (κ2) is 4.15. The zero-order chi connectivity index (χ0) is 9.84. The molecule has 3 heteroatoms. The number of nitriles is 1. The van der Waals surface area contributed by atoms with E-state index in [2.05, 4.69) is 0 Å². The lowest BCUT2D eigenvalue weighted by atomic mass is 10.2. The van der Waals surface area contributed by atoms with Gasteiger partial charge in [0.15, 0.2) is 0 Å². The molecule has 0 spiro atoms. The third kappa shape index (κ3) is 2.64. The number of ether oxygens (including phenoxy) is 1. The Kier molecular flexibility index (Phi) is 3.16. The summed E-state index contributed by atoms with van der Waals surface area (Å²) in [7, 11) is 0. The van der Waals surface area contributed by atoms with Crippen molar-refractivity contribution in [3.05, 3.63) is 34.9 Å². The molecule has 0 amide bonds. The van der Waals surface area contributed by atoms with E-state index in [9.17, 15) is 0 Å². The highest BCUT2D eigenvalue weighted by Crippen LogP contribution is 2.23. The number of halogens is 1. The predicted octanol–water partition coefficient (Wildman–Crippen LogP) is 3.16. The van der Waals surface area contributed by atoms with Gasteiger partial charge < -0.3 is 4.74 Å². The minimum atomic E-state index is 0.453. The molecule has 0 atom stereocenters. The number of hydrogen-bond donors (Lipinski definition) is 0. The zero-order valence-electron chi connectivity index (χ0n) is 7.47. The largest absolute Gasteiger partial charge is 0.482 e. The van der Waals surface area contributed by atoms with Crippen molar-refractivity contribution >= 4 is 11.6 Å². The molecule has 0 aromatic heterocycles. The first-order valence-electron chi connectivity index (χ1n) is 3.81. The molecule has 1 aromatic rings. The van der Waals surface area contributed by atoms with Gasteiger partial charge in [0.2, 0.25) is 0 Å². The standard InChI is InChI=1S/C10H9ClNO/c1-7(2)13-10-4-3-9(11)5-8(10)6-12/h3-5H,1-2H3. The Balaban J connectivity index is 3.01. The first kappa shape index (κ1) is 9.88. The zero-order valence-corrected chi connectivity index (χ0v) is 8.22. The maximum Gasteiger partial charge on any atom is 0.142 e. The topological polar surface area (TPSA) is 33.0 Å². The van der Waals surface area contributed by atoms with E-state index in [0.717, 1.165) is 6.10 Å². The molecule has 0 aliphatic heterocycles. The minimum Gasteiger partial charge on any atom is -0.482 e. The van der Waals surface area contributed by atoms with Gasteiger partial charge in [-0.2, -0.15) is 5.26 Å². The average Bonchev–Trinajstić information content (AvgIpc) is 2.07. The van der Waals surface area contributed by atoms with Crippen LogP contribution in [0.1, 0.15) is 19.4 Å². The Morgan fingerprint density at radius 1 is 1.46 bits per heavy atom. The Labute approximate surface area is 82.7 Å². The SMILES string of the molecule is C[C](C)Oc1ccc(Cl)cc1C#N. The fraction of sp³-hybridized carbons (Fsp3) is 0.200. The molecule has 67 valence electrons. The van der Waals surface area contributed by atoms with Crippen LogP contribution in [0, 0.1) is 17.4 Å². The maximum atomic E-state index is 8.76. The average molecular weight is 195 g/mol. The van der Waals surface area contributed by atoms with Gasteiger partial charge in [-0.15, -0.1) is 0 Å². The van der Waals surface area contributed by atoms with Gasteiger partial charge in [0, 0.05) is 5.02 Å². The predicted molar refractivity (Wildman–Crippen MR) is 51.4 cm³/mol. The molecule has 0 aliphatic rings. The molecule has 0 bridgehead atoms. The summed E-state index contributed by atoms with van der Waals surface area (Å²) < 4.78 is 5.33. The summed E-state index contributed by atoms with van der Waals surface area (Å²) in [6.45, 7) is 3.66. The third-order valence-electron chi connectivity index (χ3n) is 1.38. The third-order valence-corrected chi connectivity index (χ3v) is 1.61. The highest BCUT2D eigenvalue weighted by atomic mass is 35.5.